The first-order chi connectivity index (χ1) is 8.58. The van der Waals surface area contributed by atoms with Crippen LogP contribution in [0.3, 0.4) is 0 Å². The first kappa shape index (κ1) is 14.2. The van der Waals surface area contributed by atoms with E-state index in [1.165, 1.54) is 24.2 Å². The highest BCUT2D eigenvalue weighted by atomic mass is 35.5. The topological polar surface area (TPSA) is 34.1 Å². The molecule has 2 unspecified atom stereocenters. The smallest absolute Gasteiger partial charge is 0.188 e. The number of hydrogen-bond donors (Lipinski definition) is 0. The summed E-state index contributed by atoms with van der Waals surface area (Å²) < 4.78 is 12.8. The molecule has 0 bridgehead atoms. The third-order valence-electron chi connectivity index (χ3n) is 3.45. The molecule has 2 nitrogen and oxygen atoms in total. The zero-order valence-electron chi connectivity index (χ0n) is 10.4. The predicted octanol–water partition coefficient (Wildman–Crippen LogP) is 3.91. The van der Waals surface area contributed by atoms with Crippen molar-refractivity contribution in [2.45, 2.75) is 37.9 Å². The maximum atomic E-state index is 12.2. The molecule has 1 aliphatic carbocycles. The summed E-state index contributed by atoms with van der Waals surface area (Å²) in [6.07, 6.45) is 4.81. The molecule has 1 fully saturated rings. The number of ketones is 1. The van der Waals surface area contributed by atoms with Crippen LogP contribution >= 0.6 is 22.9 Å². The van der Waals surface area contributed by atoms with Crippen LogP contribution in [0.1, 0.15) is 42.3 Å². The van der Waals surface area contributed by atoms with Crippen LogP contribution in [-0.2, 0) is 10.8 Å². The Morgan fingerprint density at radius 2 is 2.17 bits per heavy atom. The number of Topliss-reactive ketones (excluding diaryl/α,β-unsaturated/α-hetero) is 1. The van der Waals surface area contributed by atoms with Crippen LogP contribution in [0.25, 0.3) is 0 Å². The predicted molar refractivity (Wildman–Crippen MR) is 78.1 cm³/mol. The molecule has 1 saturated carbocycles. The van der Waals surface area contributed by atoms with Crippen molar-refractivity contribution >= 4 is 39.5 Å². The van der Waals surface area contributed by atoms with E-state index in [1.54, 1.807) is 19.1 Å². The maximum Gasteiger partial charge on any atom is 0.188 e. The van der Waals surface area contributed by atoms with Crippen molar-refractivity contribution in [2.24, 2.45) is 5.92 Å². The number of carbonyl (C=O) groups is 1. The van der Waals surface area contributed by atoms with Crippen LogP contribution in [0, 0.1) is 5.92 Å². The Balaban J connectivity index is 1.95. The Labute approximate surface area is 119 Å². The van der Waals surface area contributed by atoms with Gasteiger partial charge in [-0.3, -0.25) is 9.00 Å². The standard InChI is InChI=1S/C13H17ClO2S2/c1-9(13(15)11-6-7-12(14)17-11)18(16)8-10-4-2-3-5-10/h6-7,9-10H,2-5,8H2,1H3. The summed E-state index contributed by atoms with van der Waals surface area (Å²) in [6.45, 7) is 1.76. The fraction of sp³-hybridized carbons (Fsp3) is 0.615. The lowest BCUT2D eigenvalue weighted by Crippen LogP contribution is -2.26. The average molecular weight is 305 g/mol. The molecule has 5 heteroatoms. The van der Waals surface area contributed by atoms with E-state index in [9.17, 15) is 9.00 Å². The van der Waals surface area contributed by atoms with Gasteiger partial charge < -0.3 is 0 Å². The summed E-state index contributed by atoms with van der Waals surface area (Å²) in [5.41, 5.74) is 0. The fourth-order valence-corrected chi connectivity index (χ4v) is 4.92. The van der Waals surface area contributed by atoms with Gasteiger partial charge in [-0.05, 0) is 37.8 Å². The zero-order chi connectivity index (χ0) is 13.1. The van der Waals surface area contributed by atoms with E-state index in [2.05, 4.69) is 0 Å². The number of rotatable bonds is 5. The van der Waals surface area contributed by atoms with Crippen LogP contribution in [0.4, 0.5) is 0 Å². The maximum absolute atomic E-state index is 12.2. The Morgan fingerprint density at radius 3 is 2.72 bits per heavy atom. The van der Waals surface area contributed by atoms with E-state index in [4.69, 9.17) is 11.6 Å². The lowest BCUT2D eigenvalue weighted by atomic mass is 10.1. The summed E-state index contributed by atoms with van der Waals surface area (Å²) in [5, 5.41) is -0.416. The molecular weight excluding hydrogens is 288 g/mol. The van der Waals surface area contributed by atoms with Crippen LogP contribution in [-0.4, -0.2) is 21.0 Å². The normalized spacial score (nSPS) is 19.9. The molecule has 1 aromatic rings. The highest BCUT2D eigenvalue weighted by Gasteiger charge is 2.26. The monoisotopic (exact) mass is 304 g/mol. The van der Waals surface area contributed by atoms with Crippen LogP contribution in [0.5, 0.6) is 0 Å². The van der Waals surface area contributed by atoms with E-state index in [0.717, 1.165) is 12.8 Å². The van der Waals surface area contributed by atoms with E-state index in [0.29, 0.717) is 20.9 Å². The van der Waals surface area contributed by atoms with Crippen molar-refractivity contribution in [3.63, 3.8) is 0 Å². The van der Waals surface area contributed by atoms with Gasteiger partial charge in [0.2, 0.25) is 0 Å². The minimum atomic E-state index is -1.06. The van der Waals surface area contributed by atoms with Crippen molar-refractivity contribution in [3.8, 4) is 0 Å². The summed E-state index contributed by atoms with van der Waals surface area (Å²) in [7, 11) is -1.06. The van der Waals surface area contributed by atoms with E-state index in [1.807, 2.05) is 0 Å². The van der Waals surface area contributed by atoms with Gasteiger partial charge in [0.1, 0.15) is 0 Å². The van der Waals surface area contributed by atoms with Gasteiger partial charge in [-0.25, -0.2) is 0 Å². The van der Waals surface area contributed by atoms with Crippen LogP contribution in [0.15, 0.2) is 12.1 Å². The number of carbonyl (C=O) groups excluding carboxylic acids is 1. The molecule has 0 radical (unpaired) electrons. The van der Waals surface area contributed by atoms with Gasteiger partial charge in [-0.15, -0.1) is 11.3 Å². The van der Waals surface area contributed by atoms with Gasteiger partial charge in [-0.1, -0.05) is 24.4 Å². The molecule has 0 N–H and O–H groups in total. The van der Waals surface area contributed by atoms with Gasteiger partial charge >= 0.3 is 0 Å². The van der Waals surface area contributed by atoms with Crippen molar-refractivity contribution in [1.29, 1.82) is 0 Å². The third kappa shape index (κ3) is 3.43. The number of halogens is 1. The second kappa shape index (κ2) is 6.31. The van der Waals surface area contributed by atoms with E-state index < -0.39 is 16.0 Å². The molecule has 1 heterocycles. The molecule has 0 aliphatic heterocycles. The SMILES string of the molecule is CC(C(=O)c1ccc(Cl)s1)S(=O)CC1CCCC1. The first-order valence-corrected chi connectivity index (χ1v) is 8.82. The molecule has 100 valence electrons. The van der Waals surface area contributed by atoms with Crippen LogP contribution in [0.2, 0.25) is 4.34 Å². The van der Waals surface area contributed by atoms with Crippen molar-refractivity contribution in [2.75, 3.05) is 5.75 Å². The van der Waals surface area contributed by atoms with Crippen molar-refractivity contribution in [1.82, 2.24) is 0 Å². The largest absolute Gasteiger partial charge is 0.292 e. The van der Waals surface area contributed by atoms with Crippen molar-refractivity contribution in [3.05, 3.63) is 21.3 Å². The van der Waals surface area contributed by atoms with Gasteiger partial charge in [0.25, 0.3) is 0 Å². The average Bonchev–Trinajstić information content (AvgIpc) is 2.98. The highest BCUT2D eigenvalue weighted by Crippen LogP contribution is 2.27. The number of thiophene rings is 1. The third-order valence-corrected chi connectivity index (χ3v) is 6.50. The van der Waals surface area contributed by atoms with E-state index >= 15 is 0 Å². The second-order valence-electron chi connectivity index (χ2n) is 4.81. The van der Waals surface area contributed by atoms with Crippen LogP contribution < -0.4 is 0 Å². The molecule has 1 aromatic heterocycles. The molecular formula is C13H17ClO2S2. The molecule has 2 atom stereocenters. The summed E-state index contributed by atoms with van der Waals surface area (Å²) in [5.74, 6) is 1.18. The molecule has 1 aliphatic rings. The molecule has 18 heavy (non-hydrogen) atoms. The fourth-order valence-electron chi connectivity index (χ4n) is 2.32. The Kier molecular flexibility index (Phi) is 4.98. The minimum absolute atomic E-state index is 0.0387. The molecule has 0 aromatic carbocycles. The molecule has 2 rings (SSSR count). The summed E-state index contributed by atoms with van der Waals surface area (Å²) in [6, 6.07) is 3.44. The minimum Gasteiger partial charge on any atom is -0.292 e. The van der Waals surface area contributed by atoms with Crippen molar-refractivity contribution < 1.29 is 9.00 Å². The van der Waals surface area contributed by atoms with E-state index in [-0.39, 0.29) is 5.78 Å². The Bertz CT molecular complexity index is 450. The van der Waals surface area contributed by atoms with Gasteiger partial charge in [0.05, 0.1) is 14.5 Å². The second-order valence-corrected chi connectivity index (χ2v) is 8.33. The molecule has 0 amide bonds. The van der Waals surface area contributed by atoms with Gasteiger partial charge in [0.15, 0.2) is 5.78 Å². The number of hydrogen-bond acceptors (Lipinski definition) is 3. The molecule has 0 spiro atoms. The molecule has 0 saturated heterocycles. The lowest BCUT2D eigenvalue weighted by molar-refractivity contribution is 0.0996. The first-order valence-electron chi connectivity index (χ1n) is 6.24. The Hall–Kier alpha value is -0.190. The zero-order valence-corrected chi connectivity index (χ0v) is 12.7. The quantitative estimate of drug-likeness (QED) is 0.773. The highest BCUT2D eigenvalue weighted by molar-refractivity contribution is 7.86. The summed E-state index contributed by atoms with van der Waals surface area (Å²) >= 11 is 7.08. The van der Waals surface area contributed by atoms with Gasteiger partial charge in [-0.2, -0.15) is 0 Å². The lowest BCUT2D eigenvalue weighted by Gasteiger charge is -2.13. The van der Waals surface area contributed by atoms with Gasteiger partial charge in [0, 0.05) is 16.6 Å². The Morgan fingerprint density at radius 1 is 1.50 bits per heavy atom. The summed E-state index contributed by atoms with van der Waals surface area (Å²) in [4.78, 5) is 12.7.